The third-order valence-electron chi connectivity index (χ3n) is 4.57. The summed E-state index contributed by atoms with van der Waals surface area (Å²) in [6.07, 6.45) is 4.41. The van der Waals surface area contributed by atoms with E-state index in [2.05, 4.69) is 15.3 Å². The molecule has 3 rings (SSSR count). The molecule has 1 amide bonds. The van der Waals surface area contributed by atoms with Crippen LogP contribution in [0, 0.1) is 0 Å². The molecule has 1 heterocycles. The Morgan fingerprint density at radius 3 is 2.68 bits per heavy atom. The molecule has 1 aromatic rings. The van der Waals surface area contributed by atoms with Crippen molar-refractivity contribution in [1.82, 2.24) is 15.3 Å². The van der Waals surface area contributed by atoms with Crippen molar-refractivity contribution in [1.29, 1.82) is 0 Å². The predicted molar refractivity (Wildman–Crippen MR) is 98.1 cm³/mol. The van der Waals surface area contributed by atoms with Crippen molar-refractivity contribution in [3.05, 3.63) is 29.1 Å². The molecule has 2 fully saturated rings. The number of alkyl halides is 2. The van der Waals surface area contributed by atoms with Crippen molar-refractivity contribution >= 4 is 15.7 Å². The number of rotatable bonds is 7. The van der Waals surface area contributed by atoms with E-state index in [1.165, 1.54) is 12.3 Å². The fraction of sp³-hybridized carbons (Fsp3) is 0.611. The quantitative estimate of drug-likeness (QED) is 0.735. The van der Waals surface area contributed by atoms with Gasteiger partial charge in [0.25, 0.3) is 11.8 Å². The molecular formula is C18H23F2N3O4S. The van der Waals surface area contributed by atoms with Gasteiger partial charge in [-0.3, -0.25) is 4.79 Å². The number of nitrogens with zero attached hydrogens (tertiary/aromatic N) is 2. The molecule has 1 aromatic heterocycles. The Balaban J connectivity index is 1.77. The number of carbonyl (C=O) groups excluding carboxylic acids is 1. The highest BCUT2D eigenvalue weighted by molar-refractivity contribution is 7.93. The third kappa shape index (κ3) is 5.70. The number of hydrogen-bond acceptors (Lipinski definition) is 6. The summed E-state index contributed by atoms with van der Waals surface area (Å²) < 4.78 is 55.0. The predicted octanol–water partition coefficient (Wildman–Crippen LogP) is 2.60. The molecule has 154 valence electrons. The van der Waals surface area contributed by atoms with Gasteiger partial charge in [-0.15, -0.1) is 0 Å². The van der Waals surface area contributed by atoms with E-state index in [9.17, 15) is 22.0 Å². The van der Waals surface area contributed by atoms with E-state index in [-0.39, 0.29) is 30.2 Å². The highest BCUT2D eigenvalue weighted by Crippen LogP contribution is 2.40. The van der Waals surface area contributed by atoms with Crippen LogP contribution in [0.25, 0.3) is 0 Å². The number of nitrogens with one attached hydrogen (secondary N) is 1. The molecule has 0 spiro atoms. The standard InChI is InChI=1S/C18H23F2N3O4S/c1-11(6-8-28(2,25)26)22-16(24)14-10-21-15(12-3-4-12)23-17(14)27-13-5-7-18(19,20)9-13/h6,8,10-13H,3-5,7,9H2,1-2H3,(H,22,24)/b8-6+. The SMILES string of the molecule is CC(/C=C/S(C)(=O)=O)NC(=O)c1cnc(C2CC2)nc1OC1CCC(F)(F)C1. The number of sulfone groups is 1. The zero-order valence-electron chi connectivity index (χ0n) is 15.7. The number of carbonyl (C=O) groups is 1. The summed E-state index contributed by atoms with van der Waals surface area (Å²) in [5.41, 5.74) is 0.0409. The Labute approximate surface area is 162 Å². The van der Waals surface area contributed by atoms with Crippen LogP contribution in [0.2, 0.25) is 0 Å². The van der Waals surface area contributed by atoms with Gasteiger partial charge in [-0.2, -0.15) is 4.98 Å². The first-order valence-corrected chi connectivity index (χ1v) is 11.1. The van der Waals surface area contributed by atoms with E-state index in [0.717, 1.165) is 24.5 Å². The van der Waals surface area contributed by atoms with Crippen LogP contribution >= 0.6 is 0 Å². The Hall–Kier alpha value is -2.10. The fourth-order valence-electron chi connectivity index (χ4n) is 2.92. The second-order valence-corrected chi connectivity index (χ2v) is 9.41. The maximum Gasteiger partial charge on any atom is 0.258 e. The van der Waals surface area contributed by atoms with Crippen LogP contribution in [-0.4, -0.2) is 48.6 Å². The third-order valence-corrected chi connectivity index (χ3v) is 5.22. The van der Waals surface area contributed by atoms with Gasteiger partial charge in [0, 0.05) is 42.7 Å². The molecule has 2 aliphatic rings. The first-order chi connectivity index (χ1) is 13.0. The van der Waals surface area contributed by atoms with Crippen LogP contribution in [0.5, 0.6) is 5.88 Å². The van der Waals surface area contributed by atoms with Crippen molar-refractivity contribution in [3.8, 4) is 5.88 Å². The Kier molecular flexibility index (Phi) is 5.69. The monoisotopic (exact) mass is 415 g/mol. The lowest BCUT2D eigenvalue weighted by Gasteiger charge is -2.17. The topological polar surface area (TPSA) is 98.2 Å². The molecule has 2 unspecified atom stereocenters. The van der Waals surface area contributed by atoms with Crippen molar-refractivity contribution in [2.45, 2.75) is 63.0 Å². The summed E-state index contributed by atoms with van der Waals surface area (Å²) >= 11 is 0. The maximum absolute atomic E-state index is 13.5. The molecule has 10 heteroatoms. The minimum atomic E-state index is -3.32. The zero-order valence-corrected chi connectivity index (χ0v) is 16.5. The highest BCUT2D eigenvalue weighted by atomic mass is 32.2. The Bertz CT molecular complexity index is 885. The minimum Gasteiger partial charge on any atom is -0.473 e. The smallest absolute Gasteiger partial charge is 0.258 e. The molecule has 0 saturated heterocycles. The van der Waals surface area contributed by atoms with Gasteiger partial charge in [0.15, 0.2) is 9.84 Å². The largest absolute Gasteiger partial charge is 0.473 e. The van der Waals surface area contributed by atoms with Crippen LogP contribution in [0.4, 0.5) is 8.78 Å². The molecular weight excluding hydrogens is 392 g/mol. The molecule has 0 aromatic carbocycles. The Morgan fingerprint density at radius 1 is 1.39 bits per heavy atom. The Morgan fingerprint density at radius 2 is 2.11 bits per heavy atom. The number of halogens is 2. The summed E-state index contributed by atoms with van der Waals surface area (Å²) in [6, 6.07) is -0.575. The van der Waals surface area contributed by atoms with E-state index in [1.54, 1.807) is 6.92 Å². The summed E-state index contributed by atoms with van der Waals surface area (Å²) in [5.74, 6) is -2.59. The average molecular weight is 415 g/mol. The maximum atomic E-state index is 13.5. The molecule has 28 heavy (non-hydrogen) atoms. The summed E-state index contributed by atoms with van der Waals surface area (Å²) in [7, 11) is -3.32. The molecule has 7 nitrogen and oxygen atoms in total. The first-order valence-electron chi connectivity index (χ1n) is 9.13. The van der Waals surface area contributed by atoms with Crippen molar-refractivity contribution in [2.75, 3.05) is 6.26 Å². The zero-order chi connectivity index (χ0) is 20.5. The molecule has 1 N–H and O–H groups in total. The second kappa shape index (κ2) is 7.73. The fourth-order valence-corrected chi connectivity index (χ4v) is 3.45. The summed E-state index contributed by atoms with van der Waals surface area (Å²) in [6.45, 7) is 1.61. The molecule has 2 atom stereocenters. The normalized spacial score (nSPS) is 22.9. The first kappa shape index (κ1) is 20.6. The highest BCUT2D eigenvalue weighted by Gasteiger charge is 2.41. The van der Waals surface area contributed by atoms with Gasteiger partial charge in [0.05, 0.1) is 0 Å². The van der Waals surface area contributed by atoms with Crippen LogP contribution < -0.4 is 10.1 Å². The summed E-state index contributed by atoms with van der Waals surface area (Å²) in [4.78, 5) is 21.1. The van der Waals surface area contributed by atoms with Gasteiger partial charge in [0.2, 0.25) is 5.88 Å². The van der Waals surface area contributed by atoms with Crippen LogP contribution in [0.3, 0.4) is 0 Å². The average Bonchev–Trinajstić information content (AvgIpc) is 3.37. The van der Waals surface area contributed by atoms with E-state index >= 15 is 0 Å². The lowest BCUT2D eigenvalue weighted by atomic mass is 10.2. The number of aromatic nitrogens is 2. The molecule has 0 aliphatic heterocycles. The van der Waals surface area contributed by atoms with Crippen LogP contribution in [0.15, 0.2) is 17.7 Å². The number of amides is 1. The van der Waals surface area contributed by atoms with Gasteiger partial charge in [0.1, 0.15) is 17.5 Å². The van der Waals surface area contributed by atoms with Crippen molar-refractivity contribution in [3.63, 3.8) is 0 Å². The van der Waals surface area contributed by atoms with E-state index in [0.29, 0.717) is 5.82 Å². The van der Waals surface area contributed by atoms with Crippen LogP contribution in [-0.2, 0) is 9.84 Å². The second-order valence-electron chi connectivity index (χ2n) is 7.48. The lowest BCUT2D eigenvalue weighted by molar-refractivity contribution is -0.00144. The van der Waals surface area contributed by atoms with Crippen molar-refractivity contribution < 1.29 is 26.7 Å². The van der Waals surface area contributed by atoms with E-state index in [1.807, 2.05) is 0 Å². The van der Waals surface area contributed by atoms with Gasteiger partial charge in [-0.1, -0.05) is 6.08 Å². The van der Waals surface area contributed by atoms with Gasteiger partial charge >= 0.3 is 0 Å². The van der Waals surface area contributed by atoms with Gasteiger partial charge in [-0.25, -0.2) is 22.2 Å². The lowest BCUT2D eigenvalue weighted by Crippen LogP contribution is -2.32. The number of hydrogen-bond donors (Lipinski definition) is 1. The van der Waals surface area contributed by atoms with Gasteiger partial charge in [-0.05, 0) is 26.2 Å². The molecule has 0 radical (unpaired) electrons. The molecule has 0 bridgehead atoms. The van der Waals surface area contributed by atoms with Gasteiger partial charge < -0.3 is 10.1 Å². The van der Waals surface area contributed by atoms with Crippen molar-refractivity contribution in [2.24, 2.45) is 0 Å². The molecule has 2 saturated carbocycles. The molecule has 2 aliphatic carbocycles. The van der Waals surface area contributed by atoms with E-state index in [4.69, 9.17) is 4.74 Å². The summed E-state index contributed by atoms with van der Waals surface area (Å²) in [5, 5.41) is 3.62. The van der Waals surface area contributed by atoms with E-state index < -0.39 is 40.2 Å². The minimum absolute atomic E-state index is 0.00334. The number of ether oxygens (including phenoxy) is 1. The van der Waals surface area contributed by atoms with Crippen LogP contribution in [0.1, 0.15) is 61.1 Å².